The Morgan fingerprint density at radius 3 is 2.44 bits per heavy atom. The van der Waals surface area contributed by atoms with Crippen LogP contribution in [0.15, 0.2) is 53.5 Å². The average molecular weight is 547 g/mol. The molecule has 172 valence electrons. The summed E-state index contributed by atoms with van der Waals surface area (Å²) in [6, 6.07) is 17.2. The van der Waals surface area contributed by atoms with Gasteiger partial charge in [0.1, 0.15) is 0 Å². The van der Waals surface area contributed by atoms with Gasteiger partial charge >= 0.3 is 0 Å². The van der Waals surface area contributed by atoms with Gasteiger partial charge in [0.05, 0.1) is 0 Å². The van der Waals surface area contributed by atoms with E-state index in [1.54, 1.807) is 0 Å². The van der Waals surface area contributed by atoms with E-state index in [0.29, 0.717) is 13.0 Å². The summed E-state index contributed by atoms with van der Waals surface area (Å²) in [5, 5.41) is 3.53. The summed E-state index contributed by atoms with van der Waals surface area (Å²) in [6.07, 6.45) is 1.67. The van der Waals surface area contributed by atoms with Gasteiger partial charge in [0.2, 0.25) is 5.91 Å². The molecule has 32 heavy (non-hydrogen) atoms. The number of rotatable bonds is 5. The van der Waals surface area contributed by atoms with Crippen LogP contribution in [0.2, 0.25) is 0 Å². The topological polar surface area (TPSA) is 51.2 Å². The molecule has 1 N–H and O–H groups in total. The average Bonchev–Trinajstić information content (AvgIpc) is 3.19. The Balaban J connectivity index is 0.00000289. The molecule has 0 atom stereocenters. The number of benzene rings is 2. The van der Waals surface area contributed by atoms with Crippen molar-refractivity contribution < 1.29 is 4.79 Å². The fourth-order valence-corrected chi connectivity index (χ4v) is 4.44. The van der Waals surface area contributed by atoms with Gasteiger partial charge in [-0.2, -0.15) is 0 Å². The molecule has 2 aliphatic rings. The zero-order valence-electron chi connectivity index (χ0n) is 19.1. The van der Waals surface area contributed by atoms with Gasteiger partial charge in [0.15, 0.2) is 5.96 Å². The number of nitrogens with zero attached hydrogens (tertiary/aromatic N) is 4. The first-order valence-electron chi connectivity index (χ1n) is 11.3. The van der Waals surface area contributed by atoms with Crippen LogP contribution >= 0.6 is 24.0 Å². The molecule has 0 spiro atoms. The number of hydrogen-bond acceptors (Lipinski definition) is 3. The number of halogens is 1. The zero-order chi connectivity index (χ0) is 21.6. The lowest BCUT2D eigenvalue weighted by molar-refractivity contribution is -0.128. The van der Waals surface area contributed by atoms with Crippen LogP contribution in [0.4, 0.5) is 5.69 Å². The molecule has 1 amide bonds. The van der Waals surface area contributed by atoms with Crippen molar-refractivity contribution in [3.8, 4) is 0 Å². The summed E-state index contributed by atoms with van der Waals surface area (Å²) in [6.45, 7) is 8.34. The fraction of sp³-hybridized carbons (Fsp3) is 0.440. The third-order valence-corrected chi connectivity index (χ3v) is 6.14. The van der Waals surface area contributed by atoms with Crippen molar-refractivity contribution in [3.05, 3.63) is 65.2 Å². The highest BCUT2D eigenvalue weighted by molar-refractivity contribution is 14.0. The third kappa shape index (κ3) is 6.15. The van der Waals surface area contributed by atoms with E-state index in [-0.39, 0.29) is 29.9 Å². The van der Waals surface area contributed by atoms with E-state index in [4.69, 9.17) is 0 Å². The Morgan fingerprint density at radius 2 is 1.75 bits per heavy atom. The Kier molecular flexibility index (Phi) is 8.78. The normalized spacial score (nSPS) is 16.9. The van der Waals surface area contributed by atoms with Gasteiger partial charge < -0.3 is 20.0 Å². The molecule has 0 bridgehead atoms. The van der Waals surface area contributed by atoms with Crippen LogP contribution in [-0.2, 0) is 17.9 Å². The summed E-state index contributed by atoms with van der Waals surface area (Å²) in [5.74, 6) is 1.22. The number of likely N-dealkylation sites (tertiary alicyclic amines) is 1. The van der Waals surface area contributed by atoms with E-state index < -0.39 is 0 Å². The number of carbonyl (C=O) groups excluding carboxylic acids is 1. The van der Waals surface area contributed by atoms with Crippen molar-refractivity contribution >= 4 is 41.5 Å². The number of aliphatic imine (C=N–C) groups is 1. The molecular formula is C25H34IN5O. The number of anilines is 1. The number of aryl methyl sites for hydroxylation is 1. The number of guanidine groups is 1. The van der Waals surface area contributed by atoms with Gasteiger partial charge in [0.25, 0.3) is 0 Å². The minimum absolute atomic E-state index is 0. The monoisotopic (exact) mass is 547 g/mol. The van der Waals surface area contributed by atoms with E-state index >= 15 is 0 Å². The van der Waals surface area contributed by atoms with Gasteiger partial charge in [-0.3, -0.25) is 9.79 Å². The smallest absolute Gasteiger partial charge is 0.222 e. The van der Waals surface area contributed by atoms with Gasteiger partial charge in [0, 0.05) is 65.0 Å². The summed E-state index contributed by atoms with van der Waals surface area (Å²) < 4.78 is 0. The quantitative estimate of drug-likeness (QED) is 0.353. The number of amides is 1. The van der Waals surface area contributed by atoms with Crippen molar-refractivity contribution in [1.29, 1.82) is 0 Å². The maximum Gasteiger partial charge on any atom is 0.222 e. The Bertz CT molecular complexity index is 939. The highest BCUT2D eigenvalue weighted by Gasteiger charge is 2.21. The van der Waals surface area contributed by atoms with E-state index in [9.17, 15) is 4.79 Å². The Labute approximate surface area is 208 Å². The van der Waals surface area contributed by atoms with Crippen LogP contribution in [0.3, 0.4) is 0 Å². The minimum atomic E-state index is 0. The summed E-state index contributed by atoms with van der Waals surface area (Å²) >= 11 is 0. The second-order valence-electron chi connectivity index (χ2n) is 8.45. The van der Waals surface area contributed by atoms with E-state index in [2.05, 4.69) is 75.6 Å². The van der Waals surface area contributed by atoms with Crippen molar-refractivity contribution in [2.75, 3.05) is 44.7 Å². The Morgan fingerprint density at radius 1 is 1.00 bits per heavy atom. The molecule has 0 aromatic heterocycles. The maximum absolute atomic E-state index is 11.9. The highest BCUT2D eigenvalue weighted by Crippen LogP contribution is 2.18. The summed E-state index contributed by atoms with van der Waals surface area (Å²) in [4.78, 5) is 23.2. The first-order valence-corrected chi connectivity index (χ1v) is 11.3. The molecule has 2 aromatic carbocycles. The predicted octanol–water partition coefficient (Wildman–Crippen LogP) is 3.63. The number of piperazine rings is 1. The van der Waals surface area contributed by atoms with Crippen LogP contribution in [-0.4, -0.2) is 61.4 Å². The number of carbonyl (C=O) groups is 1. The number of hydrogen-bond donors (Lipinski definition) is 1. The SMILES string of the molecule is CN=C(NCc1cccc(CN2CCCC2=O)c1)N1CCN(c2cccc(C)c2)CC1.I. The summed E-state index contributed by atoms with van der Waals surface area (Å²) in [7, 11) is 1.85. The first-order chi connectivity index (χ1) is 15.1. The minimum Gasteiger partial charge on any atom is -0.368 e. The van der Waals surface area contributed by atoms with E-state index in [0.717, 1.165) is 51.6 Å². The molecule has 7 heteroatoms. The van der Waals surface area contributed by atoms with Crippen LogP contribution in [0, 0.1) is 6.92 Å². The van der Waals surface area contributed by atoms with E-state index in [1.165, 1.54) is 22.4 Å². The second kappa shape index (κ2) is 11.5. The maximum atomic E-state index is 11.9. The zero-order valence-corrected chi connectivity index (χ0v) is 21.4. The predicted molar refractivity (Wildman–Crippen MR) is 142 cm³/mol. The lowest BCUT2D eigenvalue weighted by Crippen LogP contribution is -2.52. The van der Waals surface area contributed by atoms with E-state index in [1.807, 2.05) is 11.9 Å². The molecule has 2 aliphatic heterocycles. The lowest BCUT2D eigenvalue weighted by Gasteiger charge is -2.37. The largest absolute Gasteiger partial charge is 0.368 e. The summed E-state index contributed by atoms with van der Waals surface area (Å²) in [5.41, 5.74) is 5.00. The molecule has 2 heterocycles. The lowest BCUT2D eigenvalue weighted by atomic mass is 10.1. The third-order valence-electron chi connectivity index (χ3n) is 6.14. The van der Waals surface area contributed by atoms with Crippen LogP contribution < -0.4 is 10.2 Å². The van der Waals surface area contributed by atoms with Gasteiger partial charge in [-0.05, 0) is 42.2 Å². The standard InChI is InChI=1S/C25H33N5O.HI/c1-20-6-3-9-23(16-20)28-12-14-29(15-13-28)25(26-2)27-18-21-7-4-8-22(17-21)19-30-11-5-10-24(30)31;/h3-4,6-9,16-17H,5,10-15,18-19H2,1-2H3,(H,26,27);1H. The molecule has 0 aliphatic carbocycles. The van der Waals surface area contributed by atoms with Crippen LogP contribution in [0.25, 0.3) is 0 Å². The molecule has 0 saturated carbocycles. The van der Waals surface area contributed by atoms with Crippen molar-refractivity contribution in [2.24, 2.45) is 4.99 Å². The molecule has 6 nitrogen and oxygen atoms in total. The van der Waals surface area contributed by atoms with Gasteiger partial charge in [-0.1, -0.05) is 36.4 Å². The van der Waals surface area contributed by atoms with Crippen LogP contribution in [0.1, 0.15) is 29.5 Å². The molecule has 2 aromatic rings. The first kappa shape index (κ1) is 24.4. The molecule has 0 unspecified atom stereocenters. The number of nitrogens with one attached hydrogen (secondary N) is 1. The molecule has 2 saturated heterocycles. The van der Waals surface area contributed by atoms with Crippen molar-refractivity contribution in [3.63, 3.8) is 0 Å². The highest BCUT2D eigenvalue weighted by atomic mass is 127. The van der Waals surface area contributed by atoms with Crippen molar-refractivity contribution in [2.45, 2.75) is 32.9 Å². The van der Waals surface area contributed by atoms with Crippen molar-refractivity contribution in [1.82, 2.24) is 15.1 Å². The molecule has 2 fully saturated rings. The van der Waals surface area contributed by atoms with Crippen LogP contribution in [0.5, 0.6) is 0 Å². The molecular weight excluding hydrogens is 513 g/mol. The molecule has 4 rings (SSSR count). The van der Waals surface area contributed by atoms with Gasteiger partial charge in [-0.25, -0.2) is 0 Å². The fourth-order valence-electron chi connectivity index (χ4n) is 4.44. The second-order valence-corrected chi connectivity index (χ2v) is 8.45. The Hall–Kier alpha value is -2.29. The van der Waals surface area contributed by atoms with Gasteiger partial charge in [-0.15, -0.1) is 24.0 Å². The molecule has 0 radical (unpaired) electrons.